The number of imide groups is 1. The molecule has 2 amide bonds. The van der Waals surface area contributed by atoms with Crippen LogP contribution in [0.2, 0.25) is 0 Å². The molecule has 3 N–H and O–H groups in total. The highest BCUT2D eigenvalue weighted by atomic mass is 16.4. The summed E-state index contributed by atoms with van der Waals surface area (Å²) in [7, 11) is 0. The lowest BCUT2D eigenvalue weighted by Crippen LogP contribution is -2.47. The van der Waals surface area contributed by atoms with E-state index < -0.39 is 5.97 Å². The number of unbranched alkanes of at least 4 members (excludes halogenated alkanes) is 4. The Morgan fingerprint density at radius 3 is 2.35 bits per heavy atom. The molecule has 2 saturated heterocycles. The Kier molecular flexibility index (Phi) is 8.88. The third-order valence-corrected chi connectivity index (χ3v) is 6.41. The summed E-state index contributed by atoms with van der Waals surface area (Å²) in [6.07, 6.45) is 8.85. The number of hydrogen-bond acceptors (Lipinski definition) is 5. The van der Waals surface area contributed by atoms with Crippen molar-refractivity contribution in [3.63, 3.8) is 0 Å². The van der Waals surface area contributed by atoms with Gasteiger partial charge in [-0.2, -0.15) is 0 Å². The van der Waals surface area contributed by atoms with E-state index in [9.17, 15) is 14.4 Å². The average Bonchev–Trinajstić information content (AvgIpc) is 2.76. The van der Waals surface area contributed by atoms with Crippen LogP contribution in [0, 0.1) is 0 Å². The van der Waals surface area contributed by atoms with Gasteiger partial charge < -0.3 is 15.3 Å². The summed E-state index contributed by atoms with van der Waals surface area (Å²) in [6, 6.07) is 8.05. The van der Waals surface area contributed by atoms with E-state index in [1.54, 1.807) is 0 Å². The molecule has 0 spiro atoms. The second kappa shape index (κ2) is 11.8. The summed E-state index contributed by atoms with van der Waals surface area (Å²) in [5.74, 6) is -0.548. The fourth-order valence-electron chi connectivity index (χ4n) is 4.52. The first-order chi connectivity index (χ1) is 15.0. The Morgan fingerprint density at radius 2 is 1.68 bits per heavy atom. The van der Waals surface area contributed by atoms with E-state index in [-0.39, 0.29) is 17.9 Å². The van der Waals surface area contributed by atoms with Gasteiger partial charge in [-0.1, -0.05) is 31.4 Å². The Bertz CT molecular complexity index is 742. The second-order valence-corrected chi connectivity index (χ2v) is 8.80. The average molecular weight is 430 g/mol. The molecule has 0 aromatic heterocycles. The summed E-state index contributed by atoms with van der Waals surface area (Å²) in [6.45, 7) is 3.39. The Labute approximate surface area is 184 Å². The topological polar surface area (TPSA) is 98.7 Å². The maximum Gasteiger partial charge on any atom is 0.303 e. The highest BCUT2D eigenvalue weighted by molar-refractivity contribution is 6.01. The van der Waals surface area contributed by atoms with Crippen molar-refractivity contribution < 1.29 is 19.5 Å². The SMILES string of the molecule is O=C(O)CCCCCCCN1CCC(c2ccc(NC3CCC(=O)NC3=O)cc2)CC1. The zero-order chi connectivity index (χ0) is 22.1. The van der Waals surface area contributed by atoms with E-state index in [4.69, 9.17) is 5.11 Å². The first-order valence-corrected chi connectivity index (χ1v) is 11.7. The molecule has 1 unspecified atom stereocenters. The highest BCUT2D eigenvalue weighted by Crippen LogP contribution is 2.29. The first kappa shape index (κ1) is 23.3. The minimum Gasteiger partial charge on any atom is -0.481 e. The normalized spacial score (nSPS) is 20.5. The lowest BCUT2D eigenvalue weighted by atomic mass is 9.89. The summed E-state index contributed by atoms with van der Waals surface area (Å²) in [5, 5.41) is 14.3. The molecule has 0 aliphatic carbocycles. The van der Waals surface area contributed by atoms with Gasteiger partial charge in [-0.25, -0.2) is 0 Å². The number of piperidine rings is 2. The van der Waals surface area contributed by atoms with Gasteiger partial charge in [-0.15, -0.1) is 0 Å². The molecule has 3 rings (SSSR count). The van der Waals surface area contributed by atoms with E-state index in [0.29, 0.717) is 25.2 Å². The third kappa shape index (κ3) is 7.65. The van der Waals surface area contributed by atoms with E-state index in [0.717, 1.165) is 44.6 Å². The second-order valence-electron chi connectivity index (χ2n) is 8.80. The van der Waals surface area contributed by atoms with Crippen molar-refractivity contribution in [2.45, 2.75) is 76.2 Å². The molecule has 31 heavy (non-hydrogen) atoms. The molecule has 1 aromatic carbocycles. The number of hydrogen-bond donors (Lipinski definition) is 3. The number of carbonyl (C=O) groups excluding carboxylic acids is 2. The molecular weight excluding hydrogens is 394 g/mol. The number of rotatable bonds is 11. The Balaban J connectivity index is 1.33. The van der Waals surface area contributed by atoms with Gasteiger partial charge in [-0.05, 0) is 75.4 Å². The predicted octanol–water partition coefficient (Wildman–Crippen LogP) is 3.51. The van der Waals surface area contributed by atoms with Crippen molar-refractivity contribution in [2.24, 2.45) is 0 Å². The minimum absolute atomic E-state index is 0.194. The van der Waals surface area contributed by atoms with Crippen LogP contribution in [-0.4, -0.2) is 53.5 Å². The number of likely N-dealkylation sites (tertiary alicyclic amines) is 1. The predicted molar refractivity (Wildman–Crippen MR) is 120 cm³/mol. The summed E-state index contributed by atoms with van der Waals surface area (Å²) in [5.41, 5.74) is 2.27. The molecule has 2 heterocycles. The molecule has 0 radical (unpaired) electrons. The lowest BCUT2D eigenvalue weighted by molar-refractivity contribution is -0.137. The van der Waals surface area contributed by atoms with Crippen LogP contribution in [0.15, 0.2) is 24.3 Å². The van der Waals surface area contributed by atoms with Crippen LogP contribution in [0.3, 0.4) is 0 Å². The van der Waals surface area contributed by atoms with Gasteiger partial charge in [0.2, 0.25) is 11.8 Å². The summed E-state index contributed by atoms with van der Waals surface area (Å²) < 4.78 is 0. The van der Waals surface area contributed by atoms with Crippen LogP contribution >= 0.6 is 0 Å². The monoisotopic (exact) mass is 429 g/mol. The zero-order valence-corrected chi connectivity index (χ0v) is 18.3. The van der Waals surface area contributed by atoms with Crippen molar-refractivity contribution in [1.29, 1.82) is 0 Å². The van der Waals surface area contributed by atoms with Crippen LogP contribution in [0.1, 0.15) is 75.7 Å². The van der Waals surface area contributed by atoms with Gasteiger partial charge in [0.15, 0.2) is 0 Å². The Hall–Kier alpha value is -2.41. The van der Waals surface area contributed by atoms with Gasteiger partial charge in [0.1, 0.15) is 6.04 Å². The zero-order valence-electron chi connectivity index (χ0n) is 18.3. The van der Waals surface area contributed by atoms with Crippen molar-refractivity contribution >= 4 is 23.5 Å². The fraction of sp³-hybridized carbons (Fsp3) is 0.625. The van der Waals surface area contributed by atoms with Crippen molar-refractivity contribution in [3.05, 3.63) is 29.8 Å². The number of amides is 2. The van der Waals surface area contributed by atoms with Gasteiger partial charge in [0.25, 0.3) is 0 Å². The quantitative estimate of drug-likeness (QED) is 0.368. The van der Waals surface area contributed by atoms with Crippen LogP contribution in [-0.2, 0) is 14.4 Å². The van der Waals surface area contributed by atoms with E-state index in [1.807, 2.05) is 12.1 Å². The molecule has 7 heteroatoms. The van der Waals surface area contributed by atoms with E-state index in [1.165, 1.54) is 31.2 Å². The standard InChI is InChI=1S/C24H35N3O4/c28-22-12-11-21(24(31)26-22)25-20-9-7-18(8-10-20)19-13-16-27(17-14-19)15-5-3-1-2-4-6-23(29)30/h7-10,19,21,25H,1-6,11-17H2,(H,29,30)(H,26,28,31). The molecule has 7 nitrogen and oxygen atoms in total. The molecular formula is C24H35N3O4. The lowest BCUT2D eigenvalue weighted by Gasteiger charge is -2.32. The maximum absolute atomic E-state index is 11.9. The molecule has 1 atom stereocenters. The van der Waals surface area contributed by atoms with Crippen LogP contribution < -0.4 is 10.6 Å². The summed E-state index contributed by atoms with van der Waals surface area (Å²) >= 11 is 0. The van der Waals surface area contributed by atoms with E-state index >= 15 is 0 Å². The largest absolute Gasteiger partial charge is 0.481 e. The number of nitrogens with zero attached hydrogens (tertiary/aromatic N) is 1. The van der Waals surface area contributed by atoms with Gasteiger partial charge >= 0.3 is 5.97 Å². The number of anilines is 1. The van der Waals surface area contributed by atoms with Crippen LogP contribution in [0.25, 0.3) is 0 Å². The number of nitrogens with one attached hydrogen (secondary N) is 2. The van der Waals surface area contributed by atoms with Gasteiger partial charge in [0.05, 0.1) is 0 Å². The van der Waals surface area contributed by atoms with E-state index in [2.05, 4.69) is 27.7 Å². The van der Waals surface area contributed by atoms with Crippen molar-refractivity contribution in [3.8, 4) is 0 Å². The third-order valence-electron chi connectivity index (χ3n) is 6.41. The summed E-state index contributed by atoms with van der Waals surface area (Å²) in [4.78, 5) is 36.2. The molecule has 2 aliphatic heterocycles. The van der Waals surface area contributed by atoms with Crippen molar-refractivity contribution in [2.75, 3.05) is 25.0 Å². The number of aliphatic carboxylic acids is 1. The minimum atomic E-state index is -0.692. The van der Waals surface area contributed by atoms with Gasteiger partial charge in [0, 0.05) is 18.5 Å². The Morgan fingerprint density at radius 1 is 1.00 bits per heavy atom. The number of carboxylic acids is 1. The highest BCUT2D eigenvalue weighted by Gasteiger charge is 2.26. The maximum atomic E-state index is 11.9. The fourth-order valence-corrected chi connectivity index (χ4v) is 4.52. The molecule has 1 aromatic rings. The van der Waals surface area contributed by atoms with Gasteiger partial charge in [-0.3, -0.25) is 19.7 Å². The molecule has 170 valence electrons. The van der Waals surface area contributed by atoms with Crippen LogP contribution in [0.5, 0.6) is 0 Å². The molecule has 0 saturated carbocycles. The van der Waals surface area contributed by atoms with Crippen LogP contribution in [0.4, 0.5) is 5.69 Å². The van der Waals surface area contributed by atoms with Crippen molar-refractivity contribution in [1.82, 2.24) is 10.2 Å². The molecule has 2 fully saturated rings. The molecule has 2 aliphatic rings. The first-order valence-electron chi connectivity index (χ1n) is 11.7. The smallest absolute Gasteiger partial charge is 0.303 e. The molecule has 0 bridgehead atoms. The number of benzene rings is 1. The number of carbonyl (C=O) groups is 3. The number of carboxylic acid groups (broad SMARTS) is 1.